The number of benzene rings is 2. The second-order valence-electron chi connectivity index (χ2n) is 8.84. The van der Waals surface area contributed by atoms with Gasteiger partial charge in [0, 0.05) is 7.05 Å². The number of hydrogen-bond donors (Lipinski definition) is 3. The Morgan fingerprint density at radius 3 is 2.23 bits per heavy atom. The average Bonchev–Trinajstić information content (AvgIpc) is 3.21. The normalized spacial score (nSPS) is 19.8. The van der Waals surface area contributed by atoms with Crippen LogP contribution >= 0.6 is 0 Å². The Morgan fingerprint density at radius 1 is 1.03 bits per heavy atom. The predicted molar refractivity (Wildman–Crippen MR) is 133 cm³/mol. The van der Waals surface area contributed by atoms with Crippen LogP contribution in [0.25, 0.3) is 0 Å². The molecule has 3 N–H and O–H groups in total. The molecule has 2 aliphatic rings. The van der Waals surface area contributed by atoms with Crippen molar-refractivity contribution in [2.75, 3.05) is 20.1 Å². The molecule has 14 nitrogen and oxygen atoms in total. The van der Waals surface area contributed by atoms with Gasteiger partial charge >= 0.3 is 28.3 Å². The van der Waals surface area contributed by atoms with Crippen molar-refractivity contribution < 1.29 is 41.7 Å². The quantitative estimate of drug-likeness (QED) is 0.228. The molecule has 6 amide bonds. The van der Waals surface area contributed by atoms with Gasteiger partial charge in [0.25, 0.3) is 5.91 Å². The molecule has 0 spiro atoms. The third-order valence-electron chi connectivity index (χ3n) is 6.16. The maximum atomic E-state index is 13.3. The molecule has 39 heavy (non-hydrogen) atoms. The van der Waals surface area contributed by atoms with Crippen LogP contribution in [0.2, 0.25) is 0 Å². The lowest BCUT2D eigenvalue weighted by atomic mass is 10.0. The first-order chi connectivity index (χ1) is 18.5. The number of carbonyl (C=O) groups excluding carboxylic acids is 5. The SMILES string of the molecule is CN1CC(C(=O)OCc2ccccc2)N(C(=O)NC(C(=O)NC2CN(S(=O)(=O)O)C2=O)c2ccccc2)C1=O. The minimum Gasteiger partial charge on any atom is -0.459 e. The Morgan fingerprint density at radius 2 is 1.64 bits per heavy atom. The molecule has 0 aromatic heterocycles. The summed E-state index contributed by atoms with van der Waals surface area (Å²) in [6.45, 7) is -0.706. The standard InChI is InChI=1S/C24H25N5O9S/c1-27-13-18(22(32)38-14-15-8-4-2-5-9-15)29(24(27)34)23(33)26-19(16-10-6-3-7-11-16)20(30)25-17-12-28(21(17)31)39(35,36)37/h2-11,17-19H,12-14H2,1H3,(H,25,30)(H,26,33)(H,35,36,37). The minimum atomic E-state index is -4.76. The first kappa shape index (κ1) is 27.5. The first-order valence-electron chi connectivity index (χ1n) is 11.7. The number of esters is 1. The molecule has 2 aromatic rings. The lowest BCUT2D eigenvalue weighted by molar-refractivity contribution is -0.148. The van der Waals surface area contributed by atoms with Crippen molar-refractivity contribution in [3.63, 3.8) is 0 Å². The molecular formula is C24H25N5O9S. The third-order valence-corrected chi connectivity index (χ3v) is 7.04. The van der Waals surface area contributed by atoms with Crippen molar-refractivity contribution in [1.29, 1.82) is 0 Å². The molecule has 206 valence electrons. The number of likely N-dealkylation sites (N-methyl/N-ethyl adjacent to an activating group) is 1. The van der Waals surface area contributed by atoms with Crippen LogP contribution in [0.15, 0.2) is 60.7 Å². The second-order valence-corrected chi connectivity index (χ2v) is 10.2. The molecule has 0 saturated carbocycles. The van der Waals surface area contributed by atoms with E-state index in [0.29, 0.717) is 10.5 Å². The molecule has 15 heteroatoms. The van der Waals surface area contributed by atoms with Crippen LogP contribution in [0.1, 0.15) is 17.2 Å². The number of hydrogen-bond acceptors (Lipinski definition) is 8. The van der Waals surface area contributed by atoms with Crippen molar-refractivity contribution in [3.8, 4) is 0 Å². The molecule has 0 bridgehead atoms. The molecule has 0 aliphatic carbocycles. The number of nitrogens with zero attached hydrogens (tertiary/aromatic N) is 3. The summed E-state index contributed by atoms with van der Waals surface area (Å²) in [6, 6.07) is 10.9. The number of β-lactam (4-membered cyclic amide) rings is 1. The molecule has 2 saturated heterocycles. The van der Waals surface area contributed by atoms with Gasteiger partial charge in [0.05, 0.1) is 13.1 Å². The number of rotatable bonds is 8. The molecule has 3 atom stereocenters. The summed E-state index contributed by atoms with van der Waals surface area (Å²) in [5, 5.41) is 4.75. The van der Waals surface area contributed by atoms with Crippen LogP contribution in [0.3, 0.4) is 0 Å². The molecule has 4 rings (SSSR count). The minimum absolute atomic E-state index is 0.0748. The van der Waals surface area contributed by atoms with Crippen LogP contribution < -0.4 is 10.6 Å². The molecule has 2 aliphatic heterocycles. The summed E-state index contributed by atoms with van der Waals surface area (Å²) in [7, 11) is -3.36. The number of carbonyl (C=O) groups is 5. The van der Waals surface area contributed by atoms with Crippen LogP contribution in [0.4, 0.5) is 9.59 Å². The Hall–Kier alpha value is -4.50. The summed E-state index contributed by atoms with van der Waals surface area (Å²) in [5.74, 6) is -2.76. The number of nitrogens with one attached hydrogen (secondary N) is 2. The highest BCUT2D eigenvalue weighted by Crippen LogP contribution is 2.21. The fourth-order valence-electron chi connectivity index (χ4n) is 4.07. The zero-order valence-electron chi connectivity index (χ0n) is 20.6. The largest absolute Gasteiger partial charge is 0.459 e. The summed E-state index contributed by atoms with van der Waals surface area (Å²) >= 11 is 0. The maximum absolute atomic E-state index is 13.3. The highest BCUT2D eigenvalue weighted by atomic mass is 32.2. The predicted octanol–water partition coefficient (Wildman–Crippen LogP) is 0.0465. The van der Waals surface area contributed by atoms with E-state index in [0.717, 1.165) is 4.90 Å². The topological polar surface area (TPSA) is 183 Å². The summed E-state index contributed by atoms with van der Waals surface area (Å²) in [5.41, 5.74) is 0.989. The molecule has 2 fully saturated rings. The fourth-order valence-corrected chi connectivity index (χ4v) is 4.77. The zero-order chi connectivity index (χ0) is 28.3. The number of urea groups is 2. The maximum Gasteiger partial charge on any atom is 0.362 e. The van der Waals surface area contributed by atoms with Gasteiger partial charge < -0.3 is 20.3 Å². The van der Waals surface area contributed by atoms with Gasteiger partial charge in [-0.3, -0.25) is 14.1 Å². The highest BCUT2D eigenvalue weighted by Gasteiger charge is 2.47. The highest BCUT2D eigenvalue weighted by molar-refractivity contribution is 7.84. The Labute approximate surface area is 223 Å². The molecule has 2 heterocycles. The van der Waals surface area contributed by atoms with Gasteiger partial charge in [-0.15, -0.1) is 0 Å². The van der Waals surface area contributed by atoms with Gasteiger partial charge in [0.2, 0.25) is 5.91 Å². The zero-order valence-corrected chi connectivity index (χ0v) is 21.4. The van der Waals surface area contributed by atoms with Crippen LogP contribution in [-0.2, 0) is 36.0 Å². The number of ether oxygens (including phenoxy) is 1. The van der Waals surface area contributed by atoms with E-state index < -0.39 is 64.8 Å². The smallest absolute Gasteiger partial charge is 0.362 e. The monoisotopic (exact) mass is 559 g/mol. The van der Waals surface area contributed by atoms with Crippen LogP contribution in [0, 0.1) is 0 Å². The Bertz CT molecular complexity index is 1390. The van der Waals surface area contributed by atoms with Crippen molar-refractivity contribution in [2.24, 2.45) is 0 Å². The van der Waals surface area contributed by atoms with E-state index in [1.54, 1.807) is 48.5 Å². The van der Waals surface area contributed by atoms with Gasteiger partial charge in [-0.25, -0.2) is 23.6 Å². The summed E-state index contributed by atoms with van der Waals surface area (Å²) in [6.07, 6.45) is 0. The van der Waals surface area contributed by atoms with Gasteiger partial charge in [-0.1, -0.05) is 60.7 Å². The van der Waals surface area contributed by atoms with Gasteiger partial charge in [-0.05, 0) is 11.1 Å². The van der Waals surface area contributed by atoms with Crippen LogP contribution in [-0.4, -0.2) is 89.1 Å². The molecular weight excluding hydrogens is 534 g/mol. The third kappa shape index (κ3) is 5.99. The van der Waals surface area contributed by atoms with Crippen molar-refractivity contribution in [3.05, 3.63) is 71.8 Å². The van der Waals surface area contributed by atoms with E-state index in [1.165, 1.54) is 19.2 Å². The van der Waals surface area contributed by atoms with Crippen molar-refractivity contribution >= 4 is 40.2 Å². The second kappa shape index (κ2) is 11.1. The lowest BCUT2D eigenvalue weighted by Gasteiger charge is -2.36. The van der Waals surface area contributed by atoms with Gasteiger partial charge in [-0.2, -0.15) is 8.42 Å². The molecule has 3 unspecified atom stereocenters. The lowest BCUT2D eigenvalue weighted by Crippen LogP contribution is -2.66. The molecule has 0 radical (unpaired) electrons. The molecule has 2 aromatic carbocycles. The van der Waals surface area contributed by atoms with E-state index >= 15 is 0 Å². The van der Waals surface area contributed by atoms with Crippen LogP contribution in [0.5, 0.6) is 0 Å². The van der Waals surface area contributed by atoms with Crippen molar-refractivity contribution in [2.45, 2.75) is 24.7 Å². The summed E-state index contributed by atoms with van der Waals surface area (Å²) in [4.78, 5) is 65.9. The van der Waals surface area contributed by atoms with Crippen molar-refractivity contribution in [1.82, 2.24) is 24.7 Å². The fraction of sp³-hybridized carbons (Fsp3) is 0.292. The number of imide groups is 1. The van der Waals surface area contributed by atoms with E-state index in [1.807, 2.05) is 0 Å². The summed E-state index contributed by atoms with van der Waals surface area (Å²) < 4.78 is 36.9. The van der Waals surface area contributed by atoms with E-state index in [9.17, 15) is 32.4 Å². The van der Waals surface area contributed by atoms with E-state index in [2.05, 4.69) is 10.6 Å². The number of amides is 6. The van der Waals surface area contributed by atoms with E-state index in [4.69, 9.17) is 9.29 Å². The van der Waals surface area contributed by atoms with Gasteiger partial charge in [0.15, 0.2) is 6.04 Å². The van der Waals surface area contributed by atoms with E-state index in [-0.39, 0.29) is 23.0 Å². The average molecular weight is 560 g/mol. The Kier molecular flexibility index (Phi) is 7.83. The van der Waals surface area contributed by atoms with Gasteiger partial charge in [0.1, 0.15) is 18.7 Å². The first-order valence-corrected chi connectivity index (χ1v) is 13.1. The Balaban J connectivity index is 1.49.